The average molecular weight is 270 g/mol. The molecular weight excluding hydrogens is 252 g/mol. The van der Waals surface area contributed by atoms with Crippen LogP contribution in [0.25, 0.3) is 10.9 Å². The summed E-state index contributed by atoms with van der Waals surface area (Å²) in [6, 6.07) is 8.21. The molecule has 5 nitrogen and oxygen atoms in total. The Kier molecular flexibility index (Phi) is 3.28. The van der Waals surface area contributed by atoms with Crippen molar-refractivity contribution in [3.05, 3.63) is 47.7 Å². The van der Waals surface area contributed by atoms with Crippen molar-refractivity contribution in [3.8, 4) is 0 Å². The van der Waals surface area contributed by atoms with Crippen LogP contribution in [0, 0.1) is 0 Å². The molecule has 0 spiro atoms. The van der Waals surface area contributed by atoms with Crippen molar-refractivity contribution in [2.45, 2.75) is 32.9 Å². The lowest BCUT2D eigenvalue weighted by Gasteiger charge is -2.00. The third-order valence-corrected chi connectivity index (χ3v) is 3.40. The molecule has 1 aromatic carbocycles. The van der Waals surface area contributed by atoms with E-state index in [4.69, 9.17) is 10.3 Å². The lowest BCUT2D eigenvalue weighted by molar-refractivity contribution is 0.366. The van der Waals surface area contributed by atoms with E-state index < -0.39 is 0 Å². The molecule has 3 rings (SSSR count). The number of hydrogen-bond donors (Lipinski definition) is 1. The van der Waals surface area contributed by atoms with Gasteiger partial charge >= 0.3 is 0 Å². The van der Waals surface area contributed by atoms with Gasteiger partial charge < -0.3 is 14.8 Å². The van der Waals surface area contributed by atoms with Crippen LogP contribution in [0.3, 0.4) is 0 Å². The van der Waals surface area contributed by atoms with E-state index in [1.807, 2.05) is 26.0 Å². The minimum absolute atomic E-state index is 0.272. The molecule has 0 amide bonds. The zero-order valence-electron chi connectivity index (χ0n) is 11.7. The summed E-state index contributed by atoms with van der Waals surface area (Å²) in [5.74, 6) is 1.64. The van der Waals surface area contributed by atoms with E-state index in [0.29, 0.717) is 19.0 Å². The molecule has 0 aliphatic carbocycles. The first-order valence-corrected chi connectivity index (χ1v) is 6.78. The summed E-state index contributed by atoms with van der Waals surface area (Å²) in [5, 5.41) is 5.17. The van der Waals surface area contributed by atoms with Crippen LogP contribution in [0.1, 0.15) is 37.0 Å². The summed E-state index contributed by atoms with van der Waals surface area (Å²) in [6.45, 7) is 5.19. The number of benzene rings is 1. The molecule has 3 aromatic rings. The van der Waals surface area contributed by atoms with Crippen LogP contribution in [0.5, 0.6) is 0 Å². The Hall–Kier alpha value is -2.14. The van der Waals surface area contributed by atoms with Gasteiger partial charge in [0.1, 0.15) is 6.54 Å². The van der Waals surface area contributed by atoms with E-state index >= 15 is 0 Å². The molecule has 0 atom stereocenters. The van der Waals surface area contributed by atoms with E-state index in [2.05, 4.69) is 33.0 Å². The van der Waals surface area contributed by atoms with Gasteiger partial charge in [0.25, 0.3) is 0 Å². The highest BCUT2D eigenvalue weighted by molar-refractivity contribution is 5.83. The van der Waals surface area contributed by atoms with Crippen molar-refractivity contribution in [2.75, 3.05) is 0 Å². The highest BCUT2D eigenvalue weighted by Gasteiger charge is 2.12. The number of hydrogen-bond acceptors (Lipinski definition) is 4. The molecule has 0 radical (unpaired) electrons. The standard InChI is InChI=1S/C15H18N4O/c1-10(2)15-17-14(20-18-15)9-19-8-11(7-16)12-5-3-4-6-13(12)19/h3-6,8,10H,7,9,16H2,1-2H3. The van der Waals surface area contributed by atoms with E-state index in [-0.39, 0.29) is 5.92 Å². The Morgan fingerprint density at radius 3 is 2.80 bits per heavy atom. The molecule has 2 aromatic heterocycles. The average Bonchev–Trinajstić information content (AvgIpc) is 3.05. The van der Waals surface area contributed by atoms with Gasteiger partial charge in [-0.25, -0.2) is 0 Å². The first-order valence-electron chi connectivity index (χ1n) is 6.78. The maximum atomic E-state index is 5.80. The minimum atomic E-state index is 0.272. The van der Waals surface area contributed by atoms with Gasteiger partial charge in [-0.15, -0.1) is 0 Å². The summed E-state index contributed by atoms with van der Waals surface area (Å²) in [5.41, 5.74) is 8.07. The van der Waals surface area contributed by atoms with Gasteiger partial charge in [0.05, 0.1) is 0 Å². The van der Waals surface area contributed by atoms with Crippen molar-refractivity contribution in [2.24, 2.45) is 5.73 Å². The topological polar surface area (TPSA) is 69.9 Å². The Morgan fingerprint density at radius 2 is 2.10 bits per heavy atom. The molecule has 2 N–H and O–H groups in total. The first-order chi connectivity index (χ1) is 9.69. The Bertz CT molecular complexity index is 726. The smallest absolute Gasteiger partial charge is 0.246 e. The largest absolute Gasteiger partial charge is 0.338 e. The second kappa shape index (κ2) is 5.09. The third-order valence-electron chi connectivity index (χ3n) is 3.40. The molecule has 104 valence electrons. The summed E-state index contributed by atoms with van der Waals surface area (Å²) in [7, 11) is 0. The van der Waals surface area contributed by atoms with Crippen LogP contribution in [0.15, 0.2) is 35.0 Å². The lowest BCUT2D eigenvalue weighted by atomic mass is 10.2. The number of fused-ring (bicyclic) bond motifs is 1. The zero-order chi connectivity index (χ0) is 14.1. The fraction of sp³-hybridized carbons (Fsp3) is 0.333. The van der Waals surface area contributed by atoms with Gasteiger partial charge in [0.15, 0.2) is 5.82 Å². The highest BCUT2D eigenvalue weighted by Crippen LogP contribution is 2.22. The molecule has 0 aliphatic heterocycles. The highest BCUT2D eigenvalue weighted by atomic mass is 16.5. The molecule has 0 fully saturated rings. The van der Waals surface area contributed by atoms with E-state index in [1.54, 1.807) is 0 Å². The maximum Gasteiger partial charge on any atom is 0.246 e. The van der Waals surface area contributed by atoms with Crippen LogP contribution in [0.4, 0.5) is 0 Å². The van der Waals surface area contributed by atoms with Crippen LogP contribution in [-0.2, 0) is 13.1 Å². The quantitative estimate of drug-likeness (QED) is 0.791. The number of nitrogens with zero attached hydrogens (tertiary/aromatic N) is 3. The summed E-state index contributed by atoms with van der Waals surface area (Å²) < 4.78 is 7.41. The van der Waals surface area contributed by atoms with E-state index in [9.17, 15) is 0 Å². The van der Waals surface area contributed by atoms with Crippen molar-refractivity contribution in [3.63, 3.8) is 0 Å². The second-order valence-corrected chi connectivity index (χ2v) is 5.20. The fourth-order valence-electron chi connectivity index (χ4n) is 2.33. The Labute approximate surface area is 117 Å². The van der Waals surface area contributed by atoms with Crippen molar-refractivity contribution in [1.29, 1.82) is 0 Å². The van der Waals surface area contributed by atoms with Gasteiger partial charge in [-0.1, -0.05) is 37.2 Å². The molecule has 0 aliphatic rings. The SMILES string of the molecule is CC(C)c1noc(Cn2cc(CN)c3ccccc32)n1. The number of nitrogens with two attached hydrogens (primary N) is 1. The Morgan fingerprint density at radius 1 is 1.30 bits per heavy atom. The molecular formula is C15H18N4O. The predicted octanol–water partition coefficient (Wildman–Crippen LogP) is 2.65. The first kappa shape index (κ1) is 12.9. The van der Waals surface area contributed by atoms with Gasteiger partial charge in [0, 0.05) is 29.6 Å². The molecule has 2 heterocycles. The number of aromatic nitrogens is 3. The van der Waals surface area contributed by atoms with Gasteiger partial charge in [-0.2, -0.15) is 4.98 Å². The fourth-order valence-corrected chi connectivity index (χ4v) is 2.33. The summed E-state index contributed by atoms with van der Waals surface area (Å²) in [6.07, 6.45) is 2.06. The predicted molar refractivity (Wildman–Crippen MR) is 77.3 cm³/mol. The van der Waals surface area contributed by atoms with Crippen molar-refractivity contribution < 1.29 is 4.52 Å². The minimum Gasteiger partial charge on any atom is -0.338 e. The normalized spacial score (nSPS) is 11.6. The summed E-state index contributed by atoms with van der Waals surface area (Å²) >= 11 is 0. The van der Waals surface area contributed by atoms with Crippen LogP contribution in [-0.4, -0.2) is 14.7 Å². The van der Waals surface area contributed by atoms with Crippen LogP contribution >= 0.6 is 0 Å². The van der Waals surface area contributed by atoms with Gasteiger partial charge in [-0.05, 0) is 11.6 Å². The molecule has 20 heavy (non-hydrogen) atoms. The summed E-state index contributed by atoms with van der Waals surface area (Å²) in [4.78, 5) is 4.42. The van der Waals surface area contributed by atoms with E-state index in [0.717, 1.165) is 16.9 Å². The molecule has 0 saturated heterocycles. The lowest BCUT2D eigenvalue weighted by Crippen LogP contribution is -1.99. The maximum absolute atomic E-state index is 5.80. The molecule has 0 saturated carbocycles. The van der Waals surface area contributed by atoms with Gasteiger partial charge in [-0.3, -0.25) is 0 Å². The van der Waals surface area contributed by atoms with Crippen LogP contribution < -0.4 is 5.73 Å². The zero-order valence-corrected chi connectivity index (χ0v) is 11.7. The number of rotatable bonds is 4. The van der Waals surface area contributed by atoms with Crippen LogP contribution in [0.2, 0.25) is 0 Å². The molecule has 5 heteroatoms. The van der Waals surface area contributed by atoms with Crippen molar-refractivity contribution >= 4 is 10.9 Å². The van der Waals surface area contributed by atoms with Crippen molar-refractivity contribution in [1.82, 2.24) is 14.7 Å². The molecule has 0 unspecified atom stereocenters. The second-order valence-electron chi connectivity index (χ2n) is 5.20. The Balaban J connectivity index is 1.97. The molecule has 0 bridgehead atoms. The van der Waals surface area contributed by atoms with E-state index in [1.165, 1.54) is 5.39 Å². The number of para-hydroxylation sites is 1. The third kappa shape index (κ3) is 2.20. The monoisotopic (exact) mass is 270 g/mol. The van der Waals surface area contributed by atoms with Gasteiger partial charge in [0.2, 0.25) is 5.89 Å².